The lowest BCUT2D eigenvalue weighted by molar-refractivity contribution is 0.1000. The number of benzene rings is 1. The van der Waals surface area contributed by atoms with E-state index in [-0.39, 0.29) is 17.5 Å². The third kappa shape index (κ3) is 3.29. The number of carbonyl (C=O) groups excluding carboxylic acids is 1. The van der Waals surface area contributed by atoms with Crippen molar-refractivity contribution in [1.29, 1.82) is 0 Å². The van der Waals surface area contributed by atoms with Crippen LogP contribution in [0, 0.1) is 0 Å². The highest BCUT2D eigenvalue weighted by atomic mass is 32.2. The molecule has 110 valence electrons. The molecule has 0 aliphatic carbocycles. The smallest absolute Gasteiger partial charge is 0.248 e. The molecule has 4 N–H and O–H groups in total. The normalized spacial score (nSPS) is 22.6. The molecule has 0 saturated carbocycles. The highest BCUT2D eigenvalue weighted by molar-refractivity contribution is 7.91. The number of nitrogens with two attached hydrogens (primary N) is 2. The van der Waals surface area contributed by atoms with Crippen LogP contribution in [0.5, 0.6) is 0 Å². The molecule has 1 amide bonds. The molecule has 6 nitrogen and oxygen atoms in total. The standard InChI is InChI=1S/C13H19N3O3S/c1-9-8-20(18,19)5-4-16(9)7-11-3-2-10(13(15)17)6-12(11)14/h2-3,6,9H,4-5,7-8,14H2,1H3,(H2,15,17). The number of sulfone groups is 1. The fourth-order valence-corrected chi connectivity index (χ4v) is 4.00. The summed E-state index contributed by atoms with van der Waals surface area (Å²) in [4.78, 5) is 13.1. The zero-order valence-electron chi connectivity index (χ0n) is 11.4. The average molecular weight is 297 g/mol. The van der Waals surface area contributed by atoms with Gasteiger partial charge in [0.25, 0.3) is 0 Å². The van der Waals surface area contributed by atoms with Gasteiger partial charge in [-0.1, -0.05) is 6.07 Å². The summed E-state index contributed by atoms with van der Waals surface area (Å²) in [5.74, 6) is -0.163. The molecular weight excluding hydrogens is 278 g/mol. The van der Waals surface area contributed by atoms with Gasteiger partial charge in [0.05, 0.1) is 11.5 Å². The predicted octanol–water partition coefficient (Wildman–Crippen LogP) is -0.0134. The van der Waals surface area contributed by atoms with E-state index in [9.17, 15) is 13.2 Å². The largest absolute Gasteiger partial charge is 0.398 e. The Morgan fingerprint density at radius 1 is 1.45 bits per heavy atom. The molecule has 7 heteroatoms. The van der Waals surface area contributed by atoms with Crippen LogP contribution in [0.2, 0.25) is 0 Å². The first-order valence-corrected chi connectivity index (χ1v) is 8.23. The molecule has 1 fully saturated rings. The third-order valence-corrected chi connectivity index (χ3v) is 5.41. The van der Waals surface area contributed by atoms with Crippen molar-refractivity contribution in [3.8, 4) is 0 Å². The molecule has 0 radical (unpaired) electrons. The van der Waals surface area contributed by atoms with E-state index in [1.54, 1.807) is 18.2 Å². The van der Waals surface area contributed by atoms with Crippen LogP contribution in [0.3, 0.4) is 0 Å². The number of primary amides is 1. The first-order chi connectivity index (χ1) is 9.28. The van der Waals surface area contributed by atoms with E-state index in [0.29, 0.717) is 24.3 Å². The second kappa shape index (κ2) is 5.41. The monoisotopic (exact) mass is 297 g/mol. The highest BCUT2D eigenvalue weighted by Gasteiger charge is 2.28. The van der Waals surface area contributed by atoms with Gasteiger partial charge in [0.2, 0.25) is 5.91 Å². The average Bonchev–Trinajstić information content (AvgIpc) is 2.33. The Kier molecular flexibility index (Phi) is 4.01. The molecule has 1 unspecified atom stereocenters. The van der Waals surface area contributed by atoms with Crippen molar-refractivity contribution in [2.24, 2.45) is 5.73 Å². The van der Waals surface area contributed by atoms with Gasteiger partial charge in [0.1, 0.15) is 0 Å². The van der Waals surface area contributed by atoms with Crippen molar-refractivity contribution in [3.05, 3.63) is 29.3 Å². The van der Waals surface area contributed by atoms with Crippen LogP contribution in [0.25, 0.3) is 0 Å². The first kappa shape index (κ1) is 14.8. The van der Waals surface area contributed by atoms with E-state index in [0.717, 1.165) is 5.56 Å². The van der Waals surface area contributed by atoms with E-state index < -0.39 is 15.7 Å². The molecule has 1 atom stereocenters. The fourth-order valence-electron chi connectivity index (χ4n) is 2.38. The Morgan fingerprint density at radius 2 is 2.15 bits per heavy atom. The lowest BCUT2D eigenvalue weighted by atomic mass is 10.1. The SMILES string of the molecule is CC1CS(=O)(=O)CCN1Cc1ccc(C(N)=O)cc1N. The molecule has 0 bridgehead atoms. The van der Waals surface area contributed by atoms with Crippen molar-refractivity contribution in [1.82, 2.24) is 4.90 Å². The summed E-state index contributed by atoms with van der Waals surface area (Å²) in [6, 6.07) is 4.93. The second-order valence-electron chi connectivity index (χ2n) is 5.21. The van der Waals surface area contributed by atoms with Gasteiger partial charge < -0.3 is 11.5 Å². The Balaban J connectivity index is 2.13. The predicted molar refractivity (Wildman–Crippen MR) is 77.9 cm³/mol. The molecule has 1 aliphatic heterocycles. The third-order valence-electron chi connectivity index (χ3n) is 3.61. The molecule has 1 aromatic rings. The van der Waals surface area contributed by atoms with Crippen LogP contribution in [-0.4, -0.2) is 43.3 Å². The summed E-state index contributed by atoms with van der Waals surface area (Å²) in [6.07, 6.45) is 0. The minimum absolute atomic E-state index is 0.0380. The van der Waals surface area contributed by atoms with E-state index in [1.807, 2.05) is 6.92 Å². The minimum Gasteiger partial charge on any atom is -0.398 e. The Bertz CT molecular complexity index is 628. The zero-order chi connectivity index (χ0) is 14.9. The van der Waals surface area contributed by atoms with Crippen molar-refractivity contribution in [2.75, 3.05) is 23.8 Å². The quantitative estimate of drug-likeness (QED) is 0.763. The maximum absolute atomic E-state index is 11.5. The minimum atomic E-state index is -2.92. The molecule has 0 spiro atoms. The van der Waals surface area contributed by atoms with Gasteiger partial charge in [0, 0.05) is 30.4 Å². The number of nitrogen functional groups attached to an aromatic ring is 1. The summed E-state index contributed by atoms with van der Waals surface area (Å²) < 4.78 is 23.1. The Morgan fingerprint density at radius 3 is 2.70 bits per heavy atom. The number of nitrogens with zero attached hydrogens (tertiary/aromatic N) is 1. The van der Waals surface area contributed by atoms with Crippen molar-refractivity contribution in [2.45, 2.75) is 19.5 Å². The van der Waals surface area contributed by atoms with Crippen LogP contribution < -0.4 is 11.5 Å². The highest BCUT2D eigenvalue weighted by Crippen LogP contribution is 2.20. The second-order valence-corrected chi connectivity index (χ2v) is 7.44. The van der Waals surface area contributed by atoms with Crippen LogP contribution in [-0.2, 0) is 16.4 Å². The van der Waals surface area contributed by atoms with Crippen molar-refractivity contribution >= 4 is 21.4 Å². The van der Waals surface area contributed by atoms with Crippen LogP contribution in [0.15, 0.2) is 18.2 Å². The molecule has 20 heavy (non-hydrogen) atoms. The summed E-state index contributed by atoms with van der Waals surface area (Å²) in [5, 5.41) is 0. The number of hydrogen-bond donors (Lipinski definition) is 2. The van der Waals surface area contributed by atoms with E-state index >= 15 is 0 Å². The van der Waals surface area contributed by atoms with Gasteiger partial charge in [-0.25, -0.2) is 8.42 Å². The van der Waals surface area contributed by atoms with Gasteiger partial charge in [0.15, 0.2) is 9.84 Å². The maximum atomic E-state index is 11.5. The summed E-state index contributed by atoms with van der Waals surface area (Å²) >= 11 is 0. The van der Waals surface area contributed by atoms with Gasteiger partial charge in [-0.15, -0.1) is 0 Å². The van der Waals surface area contributed by atoms with E-state index in [2.05, 4.69) is 4.90 Å². The van der Waals surface area contributed by atoms with Gasteiger partial charge in [-0.05, 0) is 24.6 Å². The lowest BCUT2D eigenvalue weighted by Gasteiger charge is -2.33. The van der Waals surface area contributed by atoms with Crippen molar-refractivity contribution < 1.29 is 13.2 Å². The topological polar surface area (TPSA) is 106 Å². The number of hydrogen-bond acceptors (Lipinski definition) is 5. The molecule has 1 aliphatic rings. The summed E-state index contributed by atoms with van der Waals surface area (Å²) in [6.45, 7) is 2.97. The van der Waals surface area contributed by atoms with Crippen LogP contribution in [0.1, 0.15) is 22.8 Å². The Hall–Kier alpha value is -1.60. The molecule has 0 aromatic heterocycles. The van der Waals surface area contributed by atoms with Crippen LogP contribution >= 0.6 is 0 Å². The summed E-state index contributed by atoms with van der Waals surface area (Å²) in [5.41, 5.74) is 12.9. The molecule has 2 rings (SSSR count). The molecular formula is C13H19N3O3S. The van der Waals surface area contributed by atoms with Gasteiger partial charge >= 0.3 is 0 Å². The molecule has 1 saturated heterocycles. The fraction of sp³-hybridized carbons (Fsp3) is 0.462. The Labute approximate surface area is 118 Å². The maximum Gasteiger partial charge on any atom is 0.248 e. The first-order valence-electron chi connectivity index (χ1n) is 6.41. The number of anilines is 1. The molecule has 1 aromatic carbocycles. The van der Waals surface area contributed by atoms with Crippen molar-refractivity contribution in [3.63, 3.8) is 0 Å². The molecule has 1 heterocycles. The summed E-state index contributed by atoms with van der Waals surface area (Å²) in [7, 11) is -2.92. The van der Waals surface area contributed by atoms with E-state index in [1.165, 1.54) is 0 Å². The van der Waals surface area contributed by atoms with Gasteiger partial charge in [-0.2, -0.15) is 0 Å². The number of rotatable bonds is 3. The van der Waals surface area contributed by atoms with E-state index in [4.69, 9.17) is 11.5 Å². The number of carbonyl (C=O) groups is 1. The van der Waals surface area contributed by atoms with Gasteiger partial charge in [-0.3, -0.25) is 9.69 Å². The zero-order valence-corrected chi connectivity index (χ0v) is 12.2. The number of amides is 1. The van der Waals surface area contributed by atoms with Crippen LogP contribution in [0.4, 0.5) is 5.69 Å². The lowest BCUT2D eigenvalue weighted by Crippen LogP contribution is -2.46.